The first kappa shape index (κ1) is 11.5. The summed E-state index contributed by atoms with van der Waals surface area (Å²) in [7, 11) is 0. The number of amides is 1. The summed E-state index contributed by atoms with van der Waals surface area (Å²) in [6, 6.07) is 6.26. The fraction of sp³-hybridized carbons (Fsp3) is 0.417. The van der Waals surface area contributed by atoms with Crippen molar-refractivity contribution in [1.82, 2.24) is 0 Å². The third-order valence-corrected chi connectivity index (χ3v) is 3.74. The van der Waals surface area contributed by atoms with E-state index < -0.39 is 0 Å². The van der Waals surface area contributed by atoms with Gasteiger partial charge in [0.25, 0.3) is 0 Å². The van der Waals surface area contributed by atoms with Crippen LogP contribution in [0.15, 0.2) is 23.1 Å². The minimum atomic E-state index is 0.0847. The van der Waals surface area contributed by atoms with E-state index in [0.717, 1.165) is 17.0 Å². The fourth-order valence-corrected chi connectivity index (χ4v) is 2.53. The summed E-state index contributed by atoms with van der Waals surface area (Å²) in [5.41, 5.74) is 7.79. The molecule has 1 aromatic carbocycles. The molecule has 0 aromatic heterocycles. The monoisotopic (exact) mass is 236 g/mol. The van der Waals surface area contributed by atoms with E-state index in [9.17, 15) is 4.79 Å². The molecule has 3 nitrogen and oxygen atoms in total. The number of rotatable bonds is 3. The highest BCUT2D eigenvalue weighted by molar-refractivity contribution is 8.00. The third-order valence-electron chi connectivity index (χ3n) is 2.66. The van der Waals surface area contributed by atoms with Crippen LogP contribution in [0.25, 0.3) is 0 Å². The van der Waals surface area contributed by atoms with Crippen molar-refractivity contribution in [3.05, 3.63) is 23.8 Å². The Morgan fingerprint density at radius 2 is 2.38 bits per heavy atom. The van der Waals surface area contributed by atoms with Crippen LogP contribution >= 0.6 is 11.8 Å². The van der Waals surface area contributed by atoms with Gasteiger partial charge in [0.05, 0.1) is 11.4 Å². The van der Waals surface area contributed by atoms with Gasteiger partial charge in [-0.3, -0.25) is 4.79 Å². The van der Waals surface area contributed by atoms with Gasteiger partial charge in [0.1, 0.15) is 0 Å². The molecule has 2 rings (SSSR count). The van der Waals surface area contributed by atoms with Gasteiger partial charge in [0, 0.05) is 4.90 Å². The average Bonchev–Trinajstić information content (AvgIpc) is 2.28. The van der Waals surface area contributed by atoms with E-state index in [1.165, 1.54) is 5.56 Å². The molecule has 1 aromatic rings. The lowest BCUT2D eigenvalue weighted by molar-refractivity contribution is -0.113. The Hall–Kier alpha value is -1.000. The van der Waals surface area contributed by atoms with Gasteiger partial charge in [-0.25, -0.2) is 0 Å². The maximum atomic E-state index is 11.3. The maximum absolute atomic E-state index is 11.3. The van der Waals surface area contributed by atoms with Crippen LogP contribution < -0.4 is 11.1 Å². The smallest absolute Gasteiger partial charge is 0.234 e. The predicted octanol–water partition coefficient (Wildman–Crippen LogP) is 1.87. The molecule has 1 heterocycles. The number of nitrogens with one attached hydrogen (secondary N) is 1. The average molecular weight is 236 g/mol. The molecule has 1 aliphatic rings. The molecule has 1 aliphatic heterocycles. The van der Waals surface area contributed by atoms with E-state index in [1.54, 1.807) is 11.8 Å². The second kappa shape index (κ2) is 4.89. The van der Waals surface area contributed by atoms with Gasteiger partial charge < -0.3 is 11.1 Å². The molecule has 0 aliphatic carbocycles. The molecule has 3 N–H and O–H groups in total. The maximum Gasteiger partial charge on any atom is 0.234 e. The first-order valence-corrected chi connectivity index (χ1v) is 6.43. The van der Waals surface area contributed by atoms with Crippen LogP contribution in [0.5, 0.6) is 0 Å². The Labute approximate surface area is 99.8 Å². The minimum Gasteiger partial charge on any atom is -0.330 e. The Balaban J connectivity index is 2.18. The topological polar surface area (TPSA) is 55.1 Å². The number of benzene rings is 1. The molecule has 0 bridgehead atoms. The van der Waals surface area contributed by atoms with Gasteiger partial charge in [-0.15, -0.1) is 11.8 Å². The molecule has 16 heavy (non-hydrogen) atoms. The van der Waals surface area contributed by atoms with E-state index in [2.05, 4.69) is 30.4 Å². The molecule has 4 heteroatoms. The highest BCUT2D eigenvalue weighted by atomic mass is 32.2. The van der Waals surface area contributed by atoms with Crippen LogP contribution in [-0.2, 0) is 11.2 Å². The summed E-state index contributed by atoms with van der Waals surface area (Å²) in [6.45, 7) is 2.82. The molecular formula is C12H16N2OS. The molecule has 1 amide bonds. The van der Waals surface area contributed by atoms with Crippen LogP contribution in [-0.4, -0.2) is 18.2 Å². The molecule has 0 spiro atoms. The van der Waals surface area contributed by atoms with Gasteiger partial charge >= 0.3 is 0 Å². The largest absolute Gasteiger partial charge is 0.330 e. The highest BCUT2D eigenvalue weighted by Gasteiger charge is 2.15. The molecule has 1 atom stereocenters. The zero-order valence-corrected chi connectivity index (χ0v) is 10.1. The van der Waals surface area contributed by atoms with Crippen molar-refractivity contribution in [3.63, 3.8) is 0 Å². The number of thioether (sulfide) groups is 1. The lowest BCUT2D eigenvalue weighted by Gasteiger charge is -2.18. The number of nitrogens with two attached hydrogens (primary N) is 1. The van der Waals surface area contributed by atoms with E-state index in [-0.39, 0.29) is 5.91 Å². The number of carbonyl (C=O) groups is 1. The molecule has 0 saturated carbocycles. The molecule has 86 valence electrons. The van der Waals surface area contributed by atoms with E-state index >= 15 is 0 Å². The standard InChI is InChI=1S/C12H16N2OS/c1-8(6-13)4-9-2-3-11-10(5-9)14-12(15)7-16-11/h2-3,5,8H,4,6-7,13H2,1H3,(H,14,15). The van der Waals surface area contributed by atoms with Gasteiger partial charge in [-0.1, -0.05) is 13.0 Å². The first-order chi connectivity index (χ1) is 7.69. The summed E-state index contributed by atoms with van der Waals surface area (Å²) in [5.74, 6) is 1.08. The Kier molecular flexibility index (Phi) is 3.51. The lowest BCUT2D eigenvalue weighted by Crippen LogP contribution is -2.19. The van der Waals surface area contributed by atoms with Gasteiger partial charge in [-0.05, 0) is 36.6 Å². The highest BCUT2D eigenvalue weighted by Crippen LogP contribution is 2.32. The lowest BCUT2D eigenvalue weighted by atomic mass is 10.0. The molecule has 0 radical (unpaired) electrons. The van der Waals surface area contributed by atoms with E-state index in [4.69, 9.17) is 5.73 Å². The fourth-order valence-electron chi connectivity index (χ4n) is 1.74. The number of hydrogen-bond acceptors (Lipinski definition) is 3. The number of fused-ring (bicyclic) bond motifs is 1. The summed E-state index contributed by atoms with van der Waals surface area (Å²) >= 11 is 1.59. The third kappa shape index (κ3) is 2.57. The number of anilines is 1. The summed E-state index contributed by atoms with van der Waals surface area (Å²) in [6.07, 6.45) is 0.963. The minimum absolute atomic E-state index is 0.0847. The van der Waals surface area contributed by atoms with Crippen LogP contribution in [0, 0.1) is 5.92 Å². The van der Waals surface area contributed by atoms with Crippen molar-refractivity contribution in [2.75, 3.05) is 17.6 Å². The normalized spacial score (nSPS) is 16.5. The van der Waals surface area contributed by atoms with Gasteiger partial charge in [0.15, 0.2) is 0 Å². The molecule has 0 fully saturated rings. The van der Waals surface area contributed by atoms with Crippen LogP contribution in [0.2, 0.25) is 0 Å². The van der Waals surface area contributed by atoms with Crippen molar-refractivity contribution < 1.29 is 4.79 Å². The quantitative estimate of drug-likeness (QED) is 0.842. The first-order valence-electron chi connectivity index (χ1n) is 5.44. The Bertz CT molecular complexity index is 406. The second-order valence-electron chi connectivity index (χ2n) is 4.21. The van der Waals surface area contributed by atoms with Crippen molar-refractivity contribution >= 4 is 23.4 Å². The zero-order chi connectivity index (χ0) is 11.5. The molecule has 0 saturated heterocycles. The van der Waals surface area contributed by atoms with Crippen molar-refractivity contribution in [3.8, 4) is 0 Å². The Morgan fingerprint density at radius 1 is 1.56 bits per heavy atom. The van der Waals surface area contributed by atoms with Crippen LogP contribution in [0.3, 0.4) is 0 Å². The second-order valence-corrected chi connectivity index (χ2v) is 5.23. The molecular weight excluding hydrogens is 220 g/mol. The molecule has 1 unspecified atom stereocenters. The summed E-state index contributed by atoms with van der Waals surface area (Å²) in [4.78, 5) is 12.4. The van der Waals surface area contributed by atoms with Crippen molar-refractivity contribution in [1.29, 1.82) is 0 Å². The Morgan fingerprint density at radius 3 is 3.12 bits per heavy atom. The number of hydrogen-bond donors (Lipinski definition) is 2. The van der Waals surface area contributed by atoms with E-state index in [1.807, 2.05) is 0 Å². The van der Waals surface area contributed by atoms with Crippen LogP contribution in [0.4, 0.5) is 5.69 Å². The zero-order valence-electron chi connectivity index (χ0n) is 9.32. The van der Waals surface area contributed by atoms with E-state index in [0.29, 0.717) is 18.2 Å². The predicted molar refractivity (Wildman–Crippen MR) is 67.7 cm³/mol. The van der Waals surface area contributed by atoms with Gasteiger partial charge in [0.2, 0.25) is 5.91 Å². The van der Waals surface area contributed by atoms with Gasteiger partial charge in [-0.2, -0.15) is 0 Å². The van der Waals surface area contributed by atoms with Crippen molar-refractivity contribution in [2.24, 2.45) is 11.7 Å². The summed E-state index contributed by atoms with van der Waals surface area (Å²) in [5, 5.41) is 2.90. The van der Waals surface area contributed by atoms with Crippen molar-refractivity contribution in [2.45, 2.75) is 18.2 Å². The van der Waals surface area contributed by atoms with Crippen LogP contribution in [0.1, 0.15) is 12.5 Å². The summed E-state index contributed by atoms with van der Waals surface area (Å²) < 4.78 is 0. The number of carbonyl (C=O) groups excluding carboxylic acids is 1. The SMILES string of the molecule is CC(CN)Cc1ccc2c(c1)NC(=O)CS2.